The number of carbonyl (C=O) groups excluding carboxylic acids is 3. The van der Waals surface area contributed by atoms with Gasteiger partial charge in [-0.15, -0.1) is 0 Å². The first-order valence-electron chi connectivity index (χ1n) is 10.2. The maximum absolute atomic E-state index is 12.7. The number of esters is 1. The Morgan fingerprint density at radius 2 is 1.42 bits per heavy atom. The van der Waals surface area contributed by atoms with Crippen LogP contribution in [0.2, 0.25) is 0 Å². The van der Waals surface area contributed by atoms with E-state index < -0.39 is 18.2 Å². The third kappa shape index (κ3) is 6.47. The molecule has 1 saturated heterocycles. The number of benzene rings is 2. The molecule has 2 aromatic rings. The number of carbonyl (C=O) groups is 3. The van der Waals surface area contributed by atoms with Gasteiger partial charge in [0.25, 0.3) is 0 Å². The molecule has 3 amide bonds. The summed E-state index contributed by atoms with van der Waals surface area (Å²) >= 11 is 0. The summed E-state index contributed by atoms with van der Waals surface area (Å²) in [4.78, 5) is 40.3. The predicted octanol–water partition coefficient (Wildman–Crippen LogP) is 2.43. The number of amides is 3. The highest BCUT2D eigenvalue weighted by molar-refractivity contribution is 5.79. The van der Waals surface area contributed by atoms with Crippen molar-refractivity contribution in [2.75, 3.05) is 33.2 Å². The Morgan fingerprint density at radius 1 is 0.871 bits per heavy atom. The molecule has 8 heteroatoms. The van der Waals surface area contributed by atoms with E-state index in [2.05, 4.69) is 5.32 Å². The molecule has 3 rings (SSSR count). The monoisotopic (exact) mass is 425 g/mol. The summed E-state index contributed by atoms with van der Waals surface area (Å²) in [6, 6.07) is 18.5. The van der Waals surface area contributed by atoms with E-state index in [0.717, 1.165) is 11.1 Å². The molecule has 1 aliphatic heterocycles. The van der Waals surface area contributed by atoms with Crippen LogP contribution in [-0.4, -0.2) is 67.2 Å². The summed E-state index contributed by atoms with van der Waals surface area (Å²) in [6.07, 6.45) is -1.43. The summed E-state index contributed by atoms with van der Waals surface area (Å²) < 4.78 is 11.0. The maximum Gasteiger partial charge on any atom is 0.410 e. The number of hydrogen-bond donors (Lipinski definition) is 1. The summed E-state index contributed by atoms with van der Waals surface area (Å²) in [6.45, 7) is 1.58. The van der Waals surface area contributed by atoms with Gasteiger partial charge in [0.1, 0.15) is 6.61 Å². The molecule has 1 heterocycles. The van der Waals surface area contributed by atoms with Crippen molar-refractivity contribution in [1.29, 1.82) is 0 Å². The fraction of sp³-hybridized carbons (Fsp3) is 0.348. The Balaban J connectivity index is 1.61. The summed E-state index contributed by atoms with van der Waals surface area (Å²) in [5.74, 6) is -0.593. The van der Waals surface area contributed by atoms with Gasteiger partial charge in [-0.1, -0.05) is 60.7 Å². The molecule has 2 aromatic carbocycles. The average Bonchev–Trinajstić information content (AvgIpc) is 2.83. The number of ether oxygens (including phenoxy) is 2. The van der Waals surface area contributed by atoms with Crippen LogP contribution in [0.4, 0.5) is 9.59 Å². The van der Waals surface area contributed by atoms with E-state index in [1.54, 1.807) is 11.9 Å². The zero-order valence-corrected chi connectivity index (χ0v) is 17.5. The normalized spacial score (nSPS) is 14.5. The fourth-order valence-electron chi connectivity index (χ4n) is 3.27. The number of nitrogens with one attached hydrogen (secondary N) is 1. The Bertz CT molecular complexity index is 867. The maximum atomic E-state index is 12.7. The third-order valence-corrected chi connectivity index (χ3v) is 5.03. The largest absolute Gasteiger partial charge is 0.458 e. The molecule has 0 radical (unpaired) electrons. The van der Waals surface area contributed by atoms with Crippen molar-refractivity contribution in [2.24, 2.45) is 0 Å². The van der Waals surface area contributed by atoms with Gasteiger partial charge in [-0.3, -0.25) is 0 Å². The topological polar surface area (TPSA) is 88.2 Å². The Morgan fingerprint density at radius 3 is 2.00 bits per heavy atom. The van der Waals surface area contributed by atoms with Crippen LogP contribution in [0.1, 0.15) is 11.1 Å². The van der Waals surface area contributed by atoms with Gasteiger partial charge in [0.2, 0.25) is 6.10 Å². The van der Waals surface area contributed by atoms with Gasteiger partial charge in [-0.05, 0) is 11.1 Å². The van der Waals surface area contributed by atoms with Crippen molar-refractivity contribution in [3.05, 3.63) is 71.8 Å². The molecule has 164 valence electrons. The lowest BCUT2D eigenvalue weighted by Crippen LogP contribution is -2.53. The van der Waals surface area contributed by atoms with Gasteiger partial charge < -0.3 is 24.6 Å². The summed E-state index contributed by atoms with van der Waals surface area (Å²) in [5, 5.41) is 2.57. The number of piperazine rings is 1. The number of nitrogens with zero attached hydrogens (tertiary/aromatic N) is 2. The van der Waals surface area contributed by atoms with E-state index >= 15 is 0 Å². The molecular formula is C23H27N3O5. The molecule has 1 fully saturated rings. The Kier molecular flexibility index (Phi) is 7.86. The standard InChI is InChI=1S/C23H27N3O5/c1-24-22(28)25-12-14-26(15-13-25)23(29)31-20(16-18-8-4-2-5-9-18)21(27)30-17-19-10-6-3-7-11-19/h2-11,20H,12-17H2,1H3,(H,24,28). The lowest BCUT2D eigenvalue weighted by molar-refractivity contribution is -0.155. The smallest absolute Gasteiger partial charge is 0.410 e. The first kappa shape index (κ1) is 22.1. The Hall–Kier alpha value is -3.55. The molecule has 0 spiro atoms. The van der Waals surface area contributed by atoms with E-state index in [1.807, 2.05) is 60.7 Å². The van der Waals surface area contributed by atoms with E-state index in [1.165, 1.54) is 4.90 Å². The van der Waals surface area contributed by atoms with Gasteiger partial charge in [0, 0.05) is 39.6 Å². The van der Waals surface area contributed by atoms with E-state index in [0.29, 0.717) is 26.2 Å². The van der Waals surface area contributed by atoms with Gasteiger partial charge in [-0.2, -0.15) is 0 Å². The molecule has 1 aliphatic rings. The van der Waals surface area contributed by atoms with E-state index in [9.17, 15) is 14.4 Å². The van der Waals surface area contributed by atoms with E-state index in [4.69, 9.17) is 9.47 Å². The van der Waals surface area contributed by atoms with Crippen LogP contribution in [0.15, 0.2) is 60.7 Å². The second-order valence-corrected chi connectivity index (χ2v) is 7.18. The van der Waals surface area contributed by atoms with Crippen LogP contribution >= 0.6 is 0 Å². The van der Waals surface area contributed by atoms with Crippen LogP contribution in [-0.2, 0) is 27.3 Å². The minimum Gasteiger partial charge on any atom is -0.458 e. The second kappa shape index (κ2) is 11.0. The second-order valence-electron chi connectivity index (χ2n) is 7.18. The van der Waals surface area contributed by atoms with Crippen LogP contribution in [0, 0.1) is 0 Å². The molecule has 31 heavy (non-hydrogen) atoms. The van der Waals surface area contributed by atoms with Crippen molar-refractivity contribution in [1.82, 2.24) is 15.1 Å². The molecular weight excluding hydrogens is 398 g/mol. The number of rotatable bonds is 6. The minimum absolute atomic E-state index is 0.104. The van der Waals surface area contributed by atoms with Gasteiger partial charge in [-0.25, -0.2) is 14.4 Å². The van der Waals surface area contributed by atoms with Crippen LogP contribution in [0.3, 0.4) is 0 Å². The van der Waals surface area contributed by atoms with Crippen molar-refractivity contribution in [3.63, 3.8) is 0 Å². The van der Waals surface area contributed by atoms with Crippen molar-refractivity contribution in [3.8, 4) is 0 Å². The minimum atomic E-state index is -1.06. The fourth-order valence-corrected chi connectivity index (χ4v) is 3.27. The average molecular weight is 425 g/mol. The molecule has 1 unspecified atom stereocenters. The van der Waals surface area contributed by atoms with Gasteiger partial charge >= 0.3 is 18.1 Å². The molecule has 8 nitrogen and oxygen atoms in total. The van der Waals surface area contributed by atoms with Gasteiger partial charge in [0.15, 0.2) is 0 Å². The molecule has 1 atom stereocenters. The first-order valence-corrected chi connectivity index (χ1v) is 10.2. The van der Waals surface area contributed by atoms with Crippen molar-refractivity contribution in [2.45, 2.75) is 19.1 Å². The lowest BCUT2D eigenvalue weighted by atomic mass is 10.1. The van der Waals surface area contributed by atoms with Gasteiger partial charge in [0.05, 0.1) is 0 Å². The number of hydrogen-bond acceptors (Lipinski definition) is 5. The Labute approximate surface area is 181 Å². The van der Waals surface area contributed by atoms with E-state index in [-0.39, 0.29) is 19.1 Å². The molecule has 0 aliphatic carbocycles. The van der Waals surface area contributed by atoms with Crippen LogP contribution in [0.25, 0.3) is 0 Å². The third-order valence-electron chi connectivity index (χ3n) is 5.03. The SMILES string of the molecule is CNC(=O)N1CCN(C(=O)OC(Cc2ccccc2)C(=O)OCc2ccccc2)CC1. The van der Waals surface area contributed by atoms with Crippen molar-refractivity contribution >= 4 is 18.1 Å². The van der Waals surface area contributed by atoms with Crippen molar-refractivity contribution < 1.29 is 23.9 Å². The summed E-state index contributed by atoms with van der Waals surface area (Å²) in [7, 11) is 1.57. The zero-order chi connectivity index (χ0) is 22.1. The molecule has 1 N–H and O–H groups in total. The zero-order valence-electron chi connectivity index (χ0n) is 17.5. The first-order chi connectivity index (χ1) is 15.1. The van der Waals surface area contributed by atoms with Crippen LogP contribution < -0.4 is 5.32 Å². The van der Waals surface area contributed by atoms with Crippen LogP contribution in [0.5, 0.6) is 0 Å². The molecule has 0 aromatic heterocycles. The highest BCUT2D eigenvalue weighted by atomic mass is 16.6. The molecule has 0 bridgehead atoms. The quantitative estimate of drug-likeness (QED) is 0.719. The highest BCUT2D eigenvalue weighted by Crippen LogP contribution is 2.13. The highest BCUT2D eigenvalue weighted by Gasteiger charge is 2.30. The summed E-state index contributed by atoms with van der Waals surface area (Å²) in [5.41, 5.74) is 1.72. The predicted molar refractivity (Wildman–Crippen MR) is 114 cm³/mol. The molecule has 0 saturated carbocycles. The lowest BCUT2D eigenvalue weighted by Gasteiger charge is -2.34. The number of urea groups is 1.